The standard InChI is InChI=1S/C15H14N2O2/c1-3-6-10(2)16-14-12(15(18)19)9-11-7-4-5-8-13(11)17-14/h1,4-5,7-10H,6H2,2H3,(H,16,17)(H,18,19). The van der Waals surface area contributed by atoms with Gasteiger partial charge in [0.05, 0.1) is 5.52 Å². The first-order valence-electron chi connectivity index (χ1n) is 5.95. The van der Waals surface area contributed by atoms with E-state index >= 15 is 0 Å². The molecule has 2 aromatic rings. The van der Waals surface area contributed by atoms with Gasteiger partial charge in [0.2, 0.25) is 0 Å². The minimum absolute atomic E-state index is 0.0308. The van der Waals surface area contributed by atoms with Crippen molar-refractivity contribution in [2.24, 2.45) is 0 Å². The van der Waals surface area contributed by atoms with Crippen molar-refractivity contribution < 1.29 is 9.90 Å². The third-order valence-corrected chi connectivity index (χ3v) is 2.76. The van der Waals surface area contributed by atoms with Crippen LogP contribution < -0.4 is 5.32 Å². The number of hydrogen-bond donors (Lipinski definition) is 2. The first kappa shape index (κ1) is 12.9. The first-order chi connectivity index (χ1) is 9.11. The number of carbonyl (C=O) groups is 1. The van der Waals surface area contributed by atoms with E-state index in [1.54, 1.807) is 6.07 Å². The molecule has 0 bridgehead atoms. The molecule has 0 spiro atoms. The van der Waals surface area contributed by atoms with Crippen LogP contribution >= 0.6 is 0 Å². The van der Waals surface area contributed by atoms with Crippen LogP contribution in [0.2, 0.25) is 0 Å². The molecule has 0 saturated heterocycles. The molecule has 0 fully saturated rings. The van der Waals surface area contributed by atoms with E-state index in [0.29, 0.717) is 12.2 Å². The molecular weight excluding hydrogens is 240 g/mol. The average molecular weight is 254 g/mol. The number of anilines is 1. The number of terminal acetylenes is 1. The van der Waals surface area contributed by atoms with Crippen LogP contribution in [0.3, 0.4) is 0 Å². The number of nitrogens with one attached hydrogen (secondary N) is 1. The summed E-state index contributed by atoms with van der Waals surface area (Å²) in [5.74, 6) is 1.89. The molecule has 4 nitrogen and oxygen atoms in total. The van der Waals surface area contributed by atoms with E-state index in [9.17, 15) is 9.90 Å². The van der Waals surface area contributed by atoms with Crippen molar-refractivity contribution in [3.63, 3.8) is 0 Å². The zero-order valence-electron chi connectivity index (χ0n) is 10.6. The highest BCUT2D eigenvalue weighted by Crippen LogP contribution is 2.21. The Bertz CT molecular complexity index is 659. The molecule has 19 heavy (non-hydrogen) atoms. The average Bonchev–Trinajstić information content (AvgIpc) is 2.38. The van der Waals surface area contributed by atoms with Crippen LogP contribution in [0.4, 0.5) is 5.82 Å². The molecular formula is C15H14N2O2. The summed E-state index contributed by atoms with van der Waals surface area (Å²) >= 11 is 0. The van der Waals surface area contributed by atoms with Gasteiger partial charge in [0.1, 0.15) is 11.4 Å². The van der Waals surface area contributed by atoms with E-state index in [-0.39, 0.29) is 11.6 Å². The molecule has 96 valence electrons. The first-order valence-corrected chi connectivity index (χ1v) is 5.95. The highest BCUT2D eigenvalue weighted by atomic mass is 16.4. The van der Waals surface area contributed by atoms with Gasteiger partial charge in [-0.3, -0.25) is 0 Å². The Balaban J connectivity index is 2.48. The Morgan fingerprint density at radius 3 is 2.95 bits per heavy atom. The van der Waals surface area contributed by atoms with E-state index in [4.69, 9.17) is 6.42 Å². The lowest BCUT2D eigenvalue weighted by Gasteiger charge is -2.14. The molecule has 0 aliphatic carbocycles. The summed E-state index contributed by atoms with van der Waals surface area (Å²) < 4.78 is 0. The number of aromatic nitrogens is 1. The molecule has 0 radical (unpaired) electrons. The molecule has 1 aromatic heterocycles. The largest absolute Gasteiger partial charge is 0.478 e. The summed E-state index contributed by atoms with van der Waals surface area (Å²) in [6, 6.07) is 8.99. The van der Waals surface area contributed by atoms with Gasteiger partial charge in [-0.05, 0) is 19.1 Å². The van der Waals surface area contributed by atoms with Gasteiger partial charge < -0.3 is 10.4 Å². The van der Waals surface area contributed by atoms with Crippen molar-refractivity contribution in [3.8, 4) is 12.3 Å². The van der Waals surface area contributed by atoms with E-state index < -0.39 is 5.97 Å². The SMILES string of the molecule is C#CCC(C)Nc1nc2ccccc2cc1C(=O)O. The zero-order chi connectivity index (χ0) is 13.8. The lowest BCUT2D eigenvalue weighted by molar-refractivity contribution is 0.0697. The Kier molecular flexibility index (Phi) is 3.67. The normalized spacial score (nSPS) is 11.8. The second kappa shape index (κ2) is 5.40. The number of rotatable bonds is 4. The number of nitrogens with zero attached hydrogens (tertiary/aromatic N) is 1. The third-order valence-electron chi connectivity index (χ3n) is 2.76. The molecule has 0 saturated carbocycles. The van der Waals surface area contributed by atoms with Gasteiger partial charge in [0.25, 0.3) is 0 Å². The fourth-order valence-corrected chi connectivity index (χ4v) is 1.85. The van der Waals surface area contributed by atoms with Crippen molar-refractivity contribution in [1.29, 1.82) is 0 Å². The van der Waals surface area contributed by atoms with Crippen molar-refractivity contribution >= 4 is 22.7 Å². The summed E-state index contributed by atoms with van der Waals surface area (Å²) in [6.07, 6.45) is 5.75. The Hall–Kier alpha value is -2.54. The number of para-hydroxylation sites is 1. The fourth-order valence-electron chi connectivity index (χ4n) is 1.85. The van der Waals surface area contributed by atoms with Crippen molar-refractivity contribution in [2.45, 2.75) is 19.4 Å². The Morgan fingerprint density at radius 1 is 1.53 bits per heavy atom. The highest BCUT2D eigenvalue weighted by Gasteiger charge is 2.14. The topological polar surface area (TPSA) is 62.2 Å². The number of fused-ring (bicyclic) bond motifs is 1. The maximum atomic E-state index is 11.3. The van der Waals surface area contributed by atoms with Gasteiger partial charge in [-0.25, -0.2) is 9.78 Å². The molecule has 0 amide bonds. The maximum Gasteiger partial charge on any atom is 0.339 e. The lowest BCUT2D eigenvalue weighted by atomic mass is 10.1. The number of carboxylic acid groups (broad SMARTS) is 1. The van der Waals surface area contributed by atoms with Crippen LogP contribution in [0.1, 0.15) is 23.7 Å². The number of carboxylic acids is 1. The van der Waals surface area contributed by atoms with Crippen LogP contribution in [0.15, 0.2) is 30.3 Å². The maximum absolute atomic E-state index is 11.3. The van der Waals surface area contributed by atoms with Gasteiger partial charge in [0, 0.05) is 17.8 Å². The fraction of sp³-hybridized carbons (Fsp3) is 0.200. The summed E-state index contributed by atoms with van der Waals surface area (Å²) in [7, 11) is 0. The summed E-state index contributed by atoms with van der Waals surface area (Å²) in [6.45, 7) is 1.89. The predicted molar refractivity (Wildman–Crippen MR) is 75.2 cm³/mol. The van der Waals surface area contributed by atoms with Crippen LogP contribution in [0.25, 0.3) is 10.9 Å². The van der Waals surface area contributed by atoms with Crippen LogP contribution in [-0.2, 0) is 0 Å². The molecule has 0 aliphatic rings. The molecule has 0 aliphatic heterocycles. The summed E-state index contributed by atoms with van der Waals surface area (Å²) in [5.41, 5.74) is 0.908. The number of hydrogen-bond acceptors (Lipinski definition) is 3. The van der Waals surface area contributed by atoms with Crippen LogP contribution in [-0.4, -0.2) is 22.1 Å². The van der Waals surface area contributed by atoms with Crippen molar-refractivity contribution in [1.82, 2.24) is 4.98 Å². The Morgan fingerprint density at radius 2 is 2.26 bits per heavy atom. The second-order valence-corrected chi connectivity index (χ2v) is 4.34. The number of aromatic carboxylic acids is 1. The van der Waals surface area contributed by atoms with Gasteiger partial charge >= 0.3 is 5.97 Å². The van der Waals surface area contributed by atoms with Gasteiger partial charge in [-0.2, -0.15) is 0 Å². The van der Waals surface area contributed by atoms with E-state index in [1.807, 2.05) is 31.2 Å². The third kappa shape index (κ3) is 2.83. The molecule has 4 heteroatoms. The molecule has 1 unspecified atom stereocenters. The molecule has 1 aromatic carbocycles. The molecule has 2 N–H and O–H groups in total. The molecule has 1 atom stereocenters. The lowest BCUT2D eigenvalue weighted by Crippen LogP contribution is -2.18. The van der Waals surface area contributed by atoms with Crippen LogP contribution in [0.5, 0.6) is 0 Å². The highest BCUT2D eigenvalue weighted by molar-refractivity contribution is 5.98. The van der Waals surface area contributed by atoms with Crippen LogP contribution in [0, 0.1) is 12.3 Å². The second-order valence-electron chi connectivity index (χ2n) is 4.34. The van der Waals surface area contributed by atoms with Gasteiger partial charge in [-0.15, -0.1) is 12.3 Å². The minimum Gasteiger partial charge on any atom is -0.478 e. The van der Waals surface area contributed by atoms with Crippen molar-refractivity contribution in [3.05, 3.63) is 35.9 Å². The Labute approximate surface area is 111 Å². The van der Waals surface area contributed by atoms with E-state index in [2.05, 4.69) is 16.2 Å². The smallest absolute Gasteiger partial charge is 0.339 e. The van der Waals surface area contributed by atoms with Gasteiger partial charge in [-0.1, -0.05) is 18.2 Å². The minimum atomic E-state index is -1.01. The molecule has 2 rings (SSSR count). The molecule has 1 heterocycles. The predicted octanol–water partition coefficient (Wildman–Crippen LogP) is 2.76. The van der Waals surface area contributed by atoms with Crippen molar-refractivity contribution in [2.75, 3.05) is 5.32 Å². The zero-order valence-corrected chi connectivity index (χ0v) is 10.6. The van der Waals surface area contributed by atoms with E-state index in [1.165, 1.54) is 0 Å². The van der Waals surface area contributed by atoms with Gasteiger partial charge in [0.15, 0.2) is 0 Å². The summed E-state index contributed by atoms with van der Waals surface area (Å²) in [4.78, 5) is 15.6. The summed E-state index contributed by atoms with van der Waals surface area (Å²) in [5, 5.41) is 13.1. The number of pyridine rings is 1. The number of benzene rings is 1. The quantitative estimate of drug-likeness (QED) is 0.823. The van der Waals surface area contributed by atoms with E-state index in [0.717, 1.165) is 10.9 Å². The monoisotopic (exact) mass is 254 g/mol.